The van der Waals surface area contributed by atoms with Crippen LogP contribution in [0.2, 0.25) is 5.02 Å². The lowest BCUT2D eigenvalue weighted by atomic mass is 10.1. The maximum atomic E-state index is 12.2. The fraction of sp³-hybridized carbons (Fsp3) is 0.0476. The average Bonchev–Trinajstić information content (AvgIpc) is 2.96. The third-order valence-corrected chi connectivity index (χ3v) is 4.36. The predicted molar refractivity (Wildman–Crippen MR) is 104 cm³/mol. The minimum absolute atomic E-state index is 0.184. The second-order valence-electron chi connectivity index (χ2n) is 5.96. The molecule has 1 aliphatic heterocycles. The number of aryl methyl sites for hydroxylation is 1. The molecule has 26 heavy (non-hydrogen) atoms. The Morgan fingerprint density at radius 1 is 0.923 bits per heavy atom. The van der Waals surface area contributed by atoms with Crippen molar-refractivity contribution in [1.29, 1.82) is 0 Å². The number of anilines is 1. The fourth-order valence-corrected chi connectivity index (χ4v) is 2.92. The molecule has 1 amide bonds. The lowest BCUT2D eigenvalue weighted by Gasteiger charge is -2.06. The van der Waals surface area contributed by atoms with Crippen molar-refractivity contribution >= 4 is 34.6 Å². The molecule has 1 N–H and O–H groups in total. The number of carbonyl (C=O) groups excluding carboxylic acids is 1. The summed E-state index contributed by atoms with van der Waals surface area (Å²) in [7, 11) is 0. The van der Waals surface area contributed by atoms with Gasteiger partial charge in [0.2, 0.25) is 0 Å². The van der Waals surface area contributed by atoms with Crippen LogP contribution in [0.3, 0.4) is 0 Å². The molecular weight excluding hydrogens is 348 g/mol. The Bertz CT molecular complexity index is 1010. The molecule has 0 unspecified atom stereocenters. The van der Waals surface area contributed by atoms with Crippen molar-refractivity contribution in [3.8, 4) is 11.5 Å². The van der Waals surface area contributed by atoms with Crippen LogP contribution in [-0.2, 0) is 4.79 Å². The first kappa shape index (κ1) is 16.4. The standard InChI is InChI=1S/C21H15ClN2O2/c1-13-3-2-4-18-19(13)24-21(25)20(18)23-15-7-11-17(12-8-15)26-16-9-5-14(22)6-10-16/h2-12H,1H3,(H,23,24,25). The molecule has 0 radical (unpaired) electrons. The summed E-state index contributed by atoms with van der Waals surface area (Å²) in [5.41, 5.74) is 3.80. The van der Waals surface area contributed by atoms with Crippen LogP contribution in [0, 0.1) is 6.92 Å². The Kier molecular flexibility index (Phi) is 4.19. The molecule has 1 aliphatic rings. The number of amides is 1. The smallest absolute Gasteiger partial charge is 0.275 e. The number of hydrogen-bond acceptors (Lipinski definition) is 3. The van der Waals surface area contributed by atoms with Crippen molar-refractivity contribution in [1.82, 2.24) is 0 Å². The summed E-state index contributed by atoms with van der Waals surface area (Å²) in [6.45, 7) is 1.96. The third kappa shape index (κ3) is 3.19. The topological polar surface area (TPSA) is 50.7 Å². The Balaban J connectivity index is 1.58. The van der Waals surface area contributed by atoms with Gasteiger partial charge >= 0.3 is 0 Å². The second kappa shape index (κ2) is 6.65. The van der Waals surface area contributed by atoms with Crippen molar-refractivity contribution in [2.24, 2.45) is 4.99 Å². The number of benzene rings is 3. The van der Waals surface area contributed by atoms with E-state index in [1.165, 1.54) is 0 Å². The van der Waals surface area contributed by atoms with Crippen LogP contribution in [-0.4, -0.2) is 11.6 Å². The molecule has 128 valence electrons. The van der Waals surface area contributed by atoms with Crippen molar-refractivity contribution in [3.63, 3.8) is 0 Å². The highest BCUT2D eigenvalue weighted by atomic mass is 35.5. The molecule has 0 spiro atoms. The molecule has 3 aromatic rings. The number of fused-ring (bicyclic) bond motifs is 1. The van der Waals surface area contributed by atoms with Gasteiger partial charge in [-0.3, -0.25) is 4.79 Å². The minimum Gasteiger partial charge on any atom is -0.457 e. The maximum absolute atomic E-state index is 12.2. The van der Waals surface area contributed by atoms with E-state index in [1.807, 2.05) is 49.4 Å². The first-order chi connectivity index (χ1) is 12.6. The SMILES string of the molecule is Cc1cccc2c1NC(=O)C2=Nc1ccc(Oc2ccc(Cl)cc2)cc1. The zero-order valence-corrected chi connectivity index (χ0v) is 14.7. The van der Waals surface area contributed by atoms with Gasteiger partial charge in [0.05, 0.1) is 11.4 Å². The Hall–Kier alpha value is -3.11. The number of hydrogen-bond donors (Lipinski definition) is 1. The second-order valence-corrected chi connectivity index (χ2v) is 6.40. The highest BCUT2D eigenvalue weighted by Gasteiger charge is 2.26. The van der Waals surface area contributed by atoms with E-state index in [9.17, 15) is 4.79 Å². The molecule has 1 heterocycles. The van der Waals surface area contributed by atoms with Gasteiger partial charge in [0, 0.05) is 10.6 Å². The number of rotatable bonds is 3. The van der Waals surface area contributed by atoms with Crippen molar-refractivity contribution in [3.05, 3.63) is 82.9 Å². The summed E-state index contributed by atoms with van der Waals surface area (Å²) in [6, 6.07) is 20.2. The first-order valence-electron chi connectivity index (χ1n) is 8.14. The van der Waals surface area contributed by atoms with Crippen LogP contribution in [0.15, 0.2) is 71.7 Å². The molecule has 3 aromatic carbocycles. The molecule has 0 atom stereocenters. The highest BCUT2D eigenvalue weighted by Crippen LogP contribution is 2.30. The average molecular weight is 363 g/mol. The highest BCUT2D eigenvalue weighted by molar-refractivity contribution is 6.54. The van der Waals surface area contributed by atoms with Gasteiger partial charge in [-0.1, -0.05) is 29.8 Å². The number of nitrogens with zero attached hydrogens (tertiary/aromatic N) is 1. The lowest BCUT2D eigenvalue weighted by Crippen LogP contribution is -2.13. The number of para-hydroxylation sites is 1. The molecule has 4 rings (SSSR count). The van der Waals surface area contributed by atoms with Gasteiger partial charge in [0.1, 0.15) is 17.2 Å². The number of ether oxygens (including phenoxy) is 1. The third-order valence-electron chi connectivity index (χ3n) is 4.11. The Morgan fingerprint density at radius 2 is 1.58 bits per heavy atom. The van der Waals surface area contributed by atoms with Crippen LogP contribution < -0.4 is 10.1 Å². The number of nitrogens with one attached hydrogen (secondary N) is 1. The first-order valence-corrected chi connectivity index (χ1v) is 8.51. The summed E-state index contributed by atoms with van der Waals surface area (Å²) in [5.74, 6) is 1.20. The van der Waals surface area contributed by atoms with Gasteiger partial charge in [-0.15, -0.1) is 0 Å². The summed E-state index contributed by atoms with van der Waals surface area (Å²) in [5, 5.41) is 3.54. The number of halogens is 1. The predicted octanol–water partition coefficient (Wildman–Crippen LogP) is 5.51. The quantitative estimate of drug-likeness (QED) is 0.667. The van der Waals surface area contributed by atoms with Crippen LogP contribution >= 0.6 is 11.6 Å². The van der Waals surface area contributed by atoms with E-state index in [4.69, 9.17) is 16.3 Å². The number of carbonyl (C=O) groups is 1. The monoisotopic (exact) mass is 362 g/mol. The van der Waals surface area contributed by atoms with Gasteiger partial charge in [0.25, 0.3) is 5.91 Å². The van der Waals surface area contributed by atoms with Gasteiger partial charge in [-0.2, -0.15) is 0 Å². The zero-order valence-electron chi connectivity index (χ0n) is 14.0. The largest absolute Gasteiger partial charge is 0.457 e. The van der Waals surface area contributed by atoms with Crippen LogP contribution in [0.1, 0.15) is 11.1 Å². The van der Waals surface area contributed by atoms with Crippen molar-refractivity contribution in [2.45, 2.75) is 6.92 Å². The van der Waals surface area contributed by atoms with Gasteiger partial charge in [-0.25, -0.2) is 4.99 Å². The molecular formula is C21H15ClN2O2. The zero-order chi connectivity index (χ0) is 18.1. The van der Waals surface area contributed by atoms with E-state index in [0.29, 0.717) is 27.9 Å². The van der Waals surface area contributed by atoms with E-state index in [2.05, 4.69) is 10.3 Å². The summed E-state index contributed by atoms with van der Waals surface area (Å²) in [4.78, 5) is 16.8. The minimum atomic E-state index is -0.184. The van der Waals surface area contributed by atoms with Gasteiger partial charge < -0.3 is 10.1 Å². The van der Waals surface area contributed by atoms with Crippen LogP contribution in [0.5, 0.6) is 11.5 Å². The van der Waals surface area contributed by atoms with E-state index in [1.54, 1.807) is 24.3 Å². The molecule has 0 bridgehead atoms. The molecule has 5 heteroatoms. The van der Waals surface area contributed by atoms with Crippen molar-refractivity contribution in [2.75, 3.05) is 5.32 Å². The van der Waals surface area contributed by atoms with E-state index in [-0.39, 0.29) is 5.91 Å². The van der Waals surface area contributed by atoms with Crippen LogP contribution in [0.4, 0.5) is 11.4 Å². The summed E-state index contributed by atoms with van der Waals surface area (Å²) in [6.07, 6.45) is 0. The van der Waals surface area contributed by atoms with E-state index >= 15 is 0 Å². The lowest BCUT2D eigenvalue weighted by molar-refractivity contribution is -0.110. The number of aliphatic imine (C=N–C) groups is 1. The molecule has 0 fully saturated rings. The molecule has 0 saturated heterocycles. The summed E-state index contributed by atoms with van der Waals surface area (Å²) < 4.78 is 5.77. The molecule has 0 aliphatic carbocycles. The molecule has 4 nitrogen and oxygen atoms in total. The normalized spacial score (nSPS) is 14.2. The Morgan fingerprint density at radius 3 is 2.27 bits per heavy atom. The fourth-order valence-electron chi connectivity index (χ4n) is 2.79. The maximum Gasteiger partial charge on any atom is 0.275 e. The van der Waals surface area contributed by atoms with E-state index < -0.39 is 0 Å². The molecule has 0 aromatic heterocycles. The molecule has 0 saturated carbocycles. The van der Waals surface area contributed by atoms with E-state index in [0.717, 1.165) is 16.8 Å². The van der Waals surface area contributed by atoms with Gasteiger partial charge in [0.15, 0.2) is 0 Å². The Labute approximate surface area is 156 Å². The summed E-state index contributed by atoms with van der Waals surface area (Å²) >= 11 is 5.87. The van der Waals surface area contributed by atoms with Crippen LogP contribution in [0.25, 0.3) is 0 Å². The van der Waals surface area contributed by atoms with Gasteiger partial charge in [-0.05, 0) is 61.0 Å². The van der Waals surface area contributed by atoms with Crippen molar-refractivity contribution < 1.29 is 9.53 Å².